The molecule has 0 aliphatic carbocycles. The molecule has 0 saturated heterocycles. The average molecular weight is 587 g/mol. The molecule has 0 fully saturated rings. The van der Waals surface area contributed by atoms with E-state index >= 15 is 0 Å². The van der Waals surface area contributed by atoms with E-state index in [-0.39, 0.29) is 16.9 Å². The molecular weight excluding hydrogens is 575 g/mol. The number of hydrogen-bond acceptors (Lipinski definition) is 8. The molecule has 0 aliphatic rings. The largest absolute Gasteiger partial charge is 0.269 e. The highest BCUT2D eigenvalue weighted by molar-refractivity contribution is 7.40. The fraction of sp³-hybridized carbons (Fsp3) is 0. The van der Waals surface area contributed by atoms with Crippen molar-refractivity contribution in [3.05, 3.63) is 71.4 Å². The molecule has 0 radical (unpaired) electrons. The fourth-order valence-electron chi connectivity index (χ4n) is 3.52. The minimum Gasteiger partial charge on any atom is -0.269 e. The first-order valence-corrected chi connectivity index (χ1v) is 16.6. The summed E-state index contributed by atoms with van der Waals surface area (Å²) in [6.07, 6.45) is 0. The van der Waals surface area contributed by atoms with E-state index in [4.69, 9.17) is 0 Å². The van der Waals surface area contributed by atoms with Crippen LogP contribution in [0.5, 0.6) is 0 Å². The lowest BCUT2D eigenvalue weighted by atomic mass is 10.3. The standard InChI is InChI=1S/C24H12O2P2S6/c25-27-13-11-21(33-23(13)19-7-5-17(31-19)15-3-1-9-29-15)22-12-14(28-26)24(34-22)20-8-6-18(32-20)16-4-2-10-30-16/h1-12H. The van der Waals surface area contributed by atoms with Crippen molar-refractivity contribution in [2.24, 2.45) is 0 Å². The van der Waals surface area contributed by atoms with E-state index in [1.54, 1.807) is 68.0 Å². The van der Waals surface area contributed by atoms with Crippen LogP contribution in [-0.2, 0) is 9.13 Å². The molecule has 0 bridgehead atoms. The Morgan fingerprint density at radius 1 is 0.471 bits per heavy atom. The third kappa shape index (κ3) is 4.27. The van der Waals surface area contributed by atoms with Gasteiger partial charge in [0.1, 0.15) is 0 Å². The van der Waals surface area contributed by atoms with E-state index in [0.717, 1.165) is 39.9 Å². The van der Waals surface area contributed by atoms with Gasteiger partial charge >= 0.3 is 0 Å². The molecule has 0 amide bonds. The summed E-state index contributed by atoms with van der Waals surface area (Å²) < 4.78 is 24.0. The van der Waals surface area contributed by atoms with Crippen molar-refractivity contribution in [3.8, 4) is 48.8 Å². The van der Waals surface area contributed by atoms with Crippen LogP contribution in [0.25, 0.3) is 48.8 Å². The zero-order valence-corrected chi connectivity index (χ0v) is 23.8. The van der Waals surface area contributed by atoms with Crippen LogP contribution in [0, 0.1) is 0 Å². The summed E-state index contributed by atoms with van der Waals surface area (Å²) in [5.41, 5.74) is 0. The molecular formula is C24H12O2P2S6. The molecule has 2 nitrogen and oxygen atoms in total. The highest BCUT2D eigenvalue weighted by Gasteiger charge is 2.20. The van der Waals surface area contributed by atoms with Gasteiger partial charge in [0.25, 0.3) is 0 Å². The summed E-state index contributed by atoms with van der Waals surface area (Å²) in [4.78, 5) is 11.3. The smallest absolute Gasteiger partial charge is 0.193 e. The lowest BCUT2D eigenvalue weighted by Gasteiger charge is -1.93. The van der Waals surface area contributed by atoms with Gasteiger partial charge in [-0.3, -0.25) is 9.13 Å². The third-order valence-electron chi connectivity index (χ3n) is 5.05. The summed E-state index contributed by atoms with van der Waals surface area (Å²) in [5, 5.41) is 5.76. The molecule has 6 aromatic rings. The predicted octanol–water partition coefficient (Wildman–Crippen LogP) is 10.2. The van der Waals surface area contributed by atoms with Gasteiger partial charge in [-0.25, -0.2) is 0 Å². The summed E-state index contributed by atoms with van der Waals surface area (Å²) >= 11 is 10.2. The molecule has 0 atom stereocenters. The van der Waals surface area contributed by atoms with Crippen molar-refractivity contribution in [3.63, 3.8) is 0 Å². The van der Waals surface area contributed by atoms with E-state index in [9.17, 15) is 9.13 Å². The van der Waals surface area contributed by atoms with Gasteiger partial charge in [-0.05, 0) is 59.3 Å². The number of rotatable bonds is 7. The van der Waals surface area contributed by atoms with E-state index in [2.05, 4.69) is 59.3 Å². The van der Waals surface area contributed by atoms with Crippen molar-refractivity contribution in [2.45, 2.75) is 0 Å². The Labute approximate surface area is 223 Å². The lowest BCUT2D eigenvalue weighted by Crippen LogP contribution is -1.88. The Morgan fingerprint density at radius 3 is 1.29 bits per heavy atom. The maximum atomic E-state index is 12.0. The molecule has 0 aliphatic heterocycles. The fourth-order valence-corrected chi connectivity index (χ4v) is 11.2. The monoisotopic (exact) mass is 586 g/mol. The minimum absolute atomic E-state index is 0.0126. The van der Waals surface area contributed by atoms with Crippen LogP contribution in [0.4, 0.5) is 0 Å². The second-order valence-electron chi connectivity index (χ2n) is 7.12. The molecule has 10 heteroatoms. The molecule has 6 aromatic heterocycles. The van der Waals surface area contributed by atoms with Crippen molar-refractivity contribution < 1.29 is 9.13 Å². The van der Waals surface area contributed by atoms with Gasteiger partial charge in [-0.2, -0.15) is 0 Å². The summed E-state index contributed by atoms with van der Waals surface area (Å²) in [6, 6.07) is 20.9. The van der Waals surface area contributed by atoms with Crippen LogP contribution < -0.4 is 10.6 Å². The Bertz CT molecular complexity index is 1480. The minimum atomic E-state index is 0.0126. The molecule has 0 spiro atoms. The van der Waals surface area contributed by atoms with Crippen LogP contribution in [0.1, 0.15) is 0 Å². The van der Waals surface area contributed by atoms with Crippen molar-refractivity contribution in [1.29, 1.82) is 0 Å². The van der Waals surface area contributed by atoms with Gasteiger partial charge in [0.15, 0.2) is 16.9 Å². The molecule has 0 aromatic carbocycles. The van der Waals surface area contributed by atoms with Gasteiger partial charge in [-0.15, -0.1) is 68.0 Å². The SMILES string of the molecule is O=Pc1cc(-c2cc(P=O)c(-c3ccc(-c4cccs4)s3)s2)sc1-c1ccc(-c2cccs2)s1. The number of thiophene rings is 6. The zero-order valence-electron chi connectivity index (χ0n) is 17.1. The Kier molecular flexibility index (Phi) is 6.59. The maximum absolute atomic E-state index is 12.0. The Hall–Kier alpha value is -1.60. The number of hydrogen-bond donors (Lipinski definition) is 0. The summed E-state index contributed by atoms with van der Waals surface area (Å²) in [5.74, 6) is 0. The third-order valence-corrected chi connectivity index (χ3v) is 13.6. The first-order chi connectivity index (χ1) is 16.7. The highest BCUT2D eigenvalue weighted by Crippen LogP contribution is 2.45. The molecule has 6 rings (SSSR count). The normalized spacial score (nSPS) is 11.6. The maximum Gasteiger partial charge on any atom is 0.193 e. The zero-order chi connectivity index (χ0) is 23.1. The van der Waals surface area contributed by atoms with Crippen LogP contribution in [0.15, 0.2) is 71.4 Å². The molecule has 0 saturated carbocycles. The van der Waals surface area contributed by atoms with Gasteiger partial charge in [-0.1, -0.05) is 12.1 Å². The average Bonchev–Trinajstić information content (AvgIpc) is 3.69. The van der Waals surface area contributed by atoms with E-state index < -0.39 is 0 Å². The van der Waals surface area contributed by atoms with Crippen LogP contribution in [-0.4, -0.2) is 0 Å². The van der Waals surface area contributed by atoms with Crippen molar-refractivity contribution in [1.82, 2.24) is 0 Å². The topological polar surface area (TPSA) is 34.1 Å². The highest BCUT2D eigenvalue weighted by atomic mass is 32.1. The molecule has 6 heterocycles. The molecule has 34 heavy (non-hydrogen) atoms. The first-order valence-electron chi connectivity index (χ1n) is 9.96. The van der Waals surface area contributed by atoms with E-state index in [1.807, 2.05) is 12.1 Å². The van der Waals surface area contributed by atoms with Gasteiger partial charge < -0.3 is 0 Å². The lowest BCUT2D eigenvalue weighted by molar-refractivity contribution is 0.602. The molecule has 0 N–H and O–H groups in total. The summed E-state index contributed by atoms with van der Waals surface area (Å²) in [6.45, 7) is 0. The van der Waals surface area contributed by atoms with Crippen LogP contribution in [0.3, 0.4) is 0 Å². The van der Waals surface area contributed by atoms with Crippen LogP contribution >= 0.6 is 84.9 Å². The van der Waals surface area contributed by atoms with Crippen LogP contribution in [0.2, 0.25) is 0 Å². The Balaban J connectivity index is 1.37. The first kappa shape index (κ1) is 22.8. The quantitative estimate of drug-likeness (QED) is 0.174. The van der Waals surface area contributed by atoms with Gasteiger partial charge in [0, 0.05) is 39.0 Å². The van der Waals surface area contributed by atoms with E-state index in [1.165, 1.54) is 19.5 Å². The molecule has 166 valence electrons. The summed E-state index contributed by atoms with van der Waals surface area (Å²) in [7, 11) is 0.0251. The molecule has 0 unspecified atom stereocenters. The Morgan fingerprint density at radius 2 is 0.912 bits per heavy atom. The van der Waals surface area contributed by atoms with Crippen molar-refractivity contribution >= 4 is 95.6 Å². The second kappa shape index (κ2) is 9.81. The second-order valence-corrected chi connectivity index (χ2v) is 14.6. The van der Waals surface area contributed by atoms with Crippen molar-refractivity contribution in [2.75, 3.05) is 0 Å². The van der Waals surface area contributed by atoms with Gasteiger partial charge in [0.2, 0.25) is 0 Å². The predicted molar refractivity (Wildman–Crippen MR) is 155 cm³/mol. The van der Waals surface area contributed by atoms with Gasteiger partial charge in [0.05, 0.1) is 20.4 Å². The van der Waals surface area contributed by atoms with E-state index in [0.29, 0.717) is 0 Å².